The van der Waals surface area contributed by atoms with Crippen LogP contribution < -0.4 is 0 Å². The van der Waals surface area contributed by atoms with Crippen molar-refractivity contribution in [1.82, 2.24) is 0 Å². The molecule has 0 spiro atoms. The normalized spacial score (nSPS) is 8.73. The van der Waals surface area contributed by atoms with E-state index in [2.05, 4.69) is 12.5 Å². The molecular formula is C10H7Cl. The molecule has 1 aromatic carbocycles. The van der Waals surface area contributed by atoms with Gasteiger partial charge in [-0.3, -0.25) is 0 Å². The van der Waals surface area contributed by atoms with Crippen molar-refractivity contribution in [2.24, 2.45) is 0 Å². The van der Waals surface area contributed by atoms with Crippen molar-refractivity contribution in [1.29, 1.82) is 0 Å². The van der Waals surface area contributed by atoms with Gasteiger partial charge in [-0.2, -0.15) is 0 Å². The van der Waals surface area contributed by atoms with E-state index >= 15 is 0 Å². The van der Waals surface area contributed by atoms with E-state index < -0.39 is 0 Å². The van der Waals surface area contributed by atoms with Gasteiger partial charge >= 0.3 is 0 Å². The fourth-order valence-corrected chi connectivity index (χ4v) is 1.10. The van der Waals surface area contributed by atoms with Gasteiger partial charge in [-0.15, -0.1) is 6.42 Å². The molecule has 0 N–H and O–H groups in total. The Morgan fingerprint density at radius 2 is 2.27 bits per heavy atom. The second-order valence-electron chi connectivity index (χ2n) is 2.05. The molecule has 0 unspecified atom stereocenters. The van der Waals surface area contributed by atoms with Gasteiger partial charge in [0.25, 0.3) is 0 Å². The molecule has 0 heterocycles. The van der Waals surface area contributed by atoms with Crippen LogP contribution in [0.4, 0.5) is 0 Å². The lowest BCUT2D eigenvalue weighted by molar-refractivity contribution is 1.60. The lowest BCUT2D eigenvalue weighted by atomic mass is 10.1. The minimum absolute atomic E-state index is 0.602. The van der Waals surface area contributed by atoms with E-state index in [1.165, 1.54) is 0 Å². The van der Waals surface area contributed by atoms with E-state index in [0.29, 0.717) is 10.6 Å². The average Bonchev–Trinajstić information content (AvgIpc) is 2.04. The molecule has 0 aliphatic carbocycles. The molecule has 0 saturated heterocycles. The first kappa shape index (κ1) is 7.91. The van der Waals surface area contributed by atoms with Gasteiger partial charge in [-0.05, 0) is 11.6 Å². The molecule has 0 saturated carbocycles. The zero-order valence-corrected chi connectivity index (χ0v) is 6.73. The van der Waals surface area contributed by atoms with Crippen LogP contribution in [0.3, 0.4) is 0 Å². The molecule has 0 aliphatic rings. The van der Waals surface area contributed by atoms with Crippen LogP contribution in [0.15, 0.2) is 24.8 Å². The van der Waals surface area contributed by atoms with Crippen molar-refractivity contribution in [2.75, 3.05) is 0 Å². The third kappa shape index (κ3) is 1.45. The van der Waals surface area contributed by atoms with Crippen molar-refractivity contribution in [3.05, 3.63) is 40.9 Å². The van der Waals surface area contributed by atoms with Gasteiger partial charge in [0.05, 0.1) is 10.6 Å². The monoisotopic (exact) mass is 162 g/mol. The largest absolute Gasteiger partial charge is 0.115 e. The number of hydrogen-bond acceptors (Lipinski definition) is 0. The van der Waals surface area contributed by atoms with E-state index in [9.17, 15) is 0 Å². The summed E-state index contributed by atoms with van der Waals surface area (Å²) in [4.78, 5) is 0. The molecule has 1 aromatic rings. The minimum atomic E-state index is 0.602. The molecule has 0 fully saturated rings. The van der Waals surface area contributed by atoms with Gasteiger partial charge in [-0.25, -0.2) is 0 Å². The maximum Gasteiger partial charge on any atom is 0.0568 e. The highest BCUT2D eigenvalue weighted by Crippen LogP contribution is 2.19. The Labute approximate surface area is 71.5 Å². The molecule has 11 heavy (non-hydrogen) atoms. The van der Waals surface area contributed by atoms with E-state index in [-0.39, 0.29) is 0 Å². The summed E-state index contributed by atoms with van der Waals surface area (Å²) in [7, 11) is 0. The van der Waals surface area contributed by atoms with Crippen molar-refractivity contribution >= 4 is 17.7 Å². The first-order valence-electron chi connectivity index (χ1n) is 3.17. The first-order valence-corrected chi connectivity index (χ1v) is 3.55. The van der Waals surface area contributed by atoms with Gasteiger partial charge in [0.2, 0.25) is 0 Å². The van der Waals surface area contributed by atoms with E-state index in [1.807, 2.05) is 12.1 Å². The number of halogens is 1. The summed E-state index contributed by atoms with van der Waals surface area (Å²) in [5.41, 5.74) is 1.61. The topological polar surface area (TPSA) is 0 Å². The zero-order chi connectivity index (χ0) is 8.27. The minimum Gasteiger partial charge on any atom is -0.115 e. The fourth-order valence-electron chi connectivity index (χ4n) is 0.863. The molecule has 0 radical (unpaired) electrons. The van der Waals surface area contributed by atoms with Crippen molar-refractivity contribution in [3.8, 4) is 12.3 Å². The summed E-state index contributed by atoms with van der Waals surface area (Å²) < 4.78 is 0. The Balaban J connectivity index is 3.38. The lowest BCUT2D eigenvalue weighted by Crippen LogP contribution is -1.81. The van der Waals surface area contributed by atoms with Crippen LogP contribution in [0.5, 0.6) is 0 Å². The molecule has 0 bridgehead atoms. The number of rotatable bonds is 1. The smallest absolute Gasteiger partial charge is 0.0568 e. The van der Waals surface area contributed by atoms with Gasteiger partial charge in [0, 0.05) is 0 Å². The van der Waals surface area contributed by atoms with Gasteiger partial charge < -0.3 is 0 Å². The quantitative estimate of drug-likeness (QED) is 0.557. The number of terminal acetylenes is 1. The Bertz CT molecular complexity index is 318. The predicted molar refractivity (Wildman–Crippen MR) is 49.5 cm³/mol. The van der Waals surface area contributed by atoms with Crippen LogP contribution in [-0.2, 0) is 0 Å². The second kappa shape index (κ2) is 3.27. The average molecular weight is 163 g/mol. The van der Waals surface area contributed by atoms with E-state index in [0.717, 1.165) is 5.56 Å². The highest BCUT2D eigenvalue weighted by molar-refractivity contribution is 6.32. The van der Waals surface area contributed by atoms with Crippen LogP contribution in [0.1, 0.15) is 11.1 Å². The maximum absolute atomic E-state index is 5.82. The van der Waals surface area contributed by atoms with Gasteiger partial charge in [0.1, 0.15) is 0 Å². The number of benzene rings is 1. The van der Waals surface area contributed by atoms with Gasteiger partial charge in [0.15, 0.2) is 0 Å². The van der Waals surface area contributed by atoms with Crippen LogP contribution in [0, 0.1) is 12.3 Å². The molecule has 0 aromatic heterocycles. The highest BCUT2D eigenvalue weighted by Gasteiger charge is 1.99. The third-order valence-corrected chi connectivity index (χ3v) is 1.73. The fraction of sp³-hybridized carbons (Fsp3) is 0. The van der Waals surface area contributed by atoms with Crippen LogP contribution in [-0.4, -0.2) is 0 Å². The molecule has 0 amide bonds. The standard InChI is InChI=1S/C10H7Cl/c1-3-8-6-5-7-10(11)9(8)4-2/h2-3,5-7H,1H2. The summed E-state index contributed by atoms with van der Waals surface area (Å²) in [5.74, 6) is 2.51. The Morgan fingerprint density at radius 1 is 1.55 bits per heavy atom. The van der Waals surface area contributed by atoms with Crippen LogP contribution in [0.2, 0.25) is 5.02 Å². The highest BCUT2D eigenvalue weighted by atomic mass is 35.5. The summed E-state index contributed by atoms with van der Waals surface area (Å²) in [6, 6.07) is 5.50. The molecule has 0 atom stereocenters. The summed E-state index contributed by atoms with van der Waals surface area (Å²) in [5, 5.41) is 0.602. The molecule has 54 valence electrons. The predicted octanol–water partition coefficient (Wildman–Crippen LogP) is 2.96. The van der Waals surface area contributed by atoms with Gasteiger partial charge in [-0.1, -0.05) is 42.3 Å². The zero-order valence-electron chi connectivity index (χ0n) is 5.97. The molecule has 1 heteroatoms. The Morgan fingerprint density at radius 3 is 2.73 bits per heavy atom. The number of hydrogen-bond donors (Lipinski definition) is 0. The summed E-state index contributed by atoms with van der Waals surface area (Å²) >= 11 is 5.82. The van der Waals surface area contributed by atoms with E-state index in [4.69, 9.17) is 18.0 Å². The molecule has 1 rings (SSSR count). The van der Waals surface area contributed by atoms with E-state index in [1.54, 1.807) is 12.1 Å². The molecule has 0 aliphatic heterocycles. The summed E-state index contributed by atoms with van der Waals surface area (Å²) in [6.07, 6.45) is 6.94. The van der Waals surface area contributed by atoms with Crippen molar-refractivity contribution in [2.45, 2.75) is 0 Å². The maximum atomic E-state index is 5.82. The summed E-state index contributed by atoms with van der Waals surface area (Å²) in [6.45, 7) is 3.63. The van der Waals surface area contributed by atoms with Crippen LogP contribution in [0.25, 0.3) is 6.08 Å². The Hall–Kier alpha value is -1.19. The van der Waals surface area contributed by atoms with Crippen molar-refractivity contribution < 1.29 is 0 Å². The third-order valence-electron chi connectivity index (χ3n) is 1.41. The molecular weight excluding hydrogens is 156 g/mol. The second-order valence-corrected chi connectivity index (χ2v) is 2.46. The van der Waals surface area contributed by atoms with Crippen molar-refractivity contribution in [3.63, 3.8) is 0 Å². The SMILES string of the molecule is C#Cc1c(Cl)cccc1C=C. The molecule has 0 nitrogen and oxygen atoms in total. The first-order chi connectivity index (χ1) is 5.29. The van der Waals surface area contributed by atoms with Crippen LogP contribution >= 0.6 is 11.6 Å². The Kier molecular flexibility index (Phi) is 2.36. The lowest BCUT2D eigenvalue weighted by Gasteiger charge is -1.99.